The van der Waals surface area contributed by atoms with Crippen LogP contribution in [0.15, 0.2) is 0 Å². The van der Waals surface area contributed by atoms with Crippen molar-refractivity contribution in [3.63, 3.8) is 0 Å². The highest BCUT2D eigenvalue weighted by Gasteiger charge is 2.19. The molecule has 0 aliphatic rings. The van der Waals surface area contributed by atoms with Crippen LogP contribution < -0.4 is 0 Å². The molecule has 0 saturated carbocycles. The zero-order chi connectivity index (χ0) is 17.9. The second-order valence-corrected chi connectivity index (χ2v) is 8.20. The Morgan fingerprint density at radius 3 is 2.17 bits per heavy atom. The van der Waals surface area contributed by atoms with Crippen molar-refractivity contribution in [2.75, 3.05) is 47.5 Å². The van der Waals surface area contributed by atoms with Crippen molar-refractivity contribution in [3.8, 4) is 6.07 Å². The number of rotatable bonds is 11. The van der Waals surface area contributed by atoms with Crippen LogP contribution in [0.1, 0.15) is 33.6 Å². The molecule has 0 heterocycles. The summed E-state index contributed by atoms with van der Waals surface area (Å²) in [6.07, 6.45) is 0.406. The summed E-state index contributed by atoms with van der Waals surface area (Å²) in [4.78, 5) is 11.6. The van der Waals surface area contributed by atoms with Gasteiger partial charge in [-0.25, -0.2) is 0 Å². The molecule has 0 fully saturated rings. The van der Waals surface area contributed by atoms with Crippen LogP contribution in [0.2, 0.25) is 0 Å². The molecule has 1 atom stereocenters. The first-order valence-corrected chi connectivity index (χ1v) is 8.71. The van der Waals surface area contributed by atoms with Gasteiger partial charge in [-0.1, -0.05) is 0 Å². The average molecular weight is 349 g/mol. The lowest BCUT2D eigenvalue weighted by Gasteiger charge is -2.24. The van der Waals surface area contributed by atoms with Crippen molar-refractivity contribution in [3.05, 3.63) is 0 Å². The van der Waals surface area contributed by atoms with Gasteiger partial charge in [0.25, 0.3) is 0 Å². The van der Waals surface area contributed by atoms with Gasteiger partial charge in [0, 0.05) is 0 Å². The van der Waals surface area contributed by atoms with Crippen molar-refractivity contribution < 1.29 is 27.6 Å². The molecule has 0 radical (unpaired) electrons. The molecule has 7 nitrogen and oxygen atoms in total. The van der Waals surface area contributed by atoms with E-state index in [1.807, 2.05) is 26.8 Å². The maximum atomic E-state index is 11.6. The predicted molar refractivity (Wildman–Crippen MR) is 88.4 cm³/mol. The largest absolute Gasteiger partial charge is 0.460 e. The standard InChI is InChI=1S/C15H30N2O5P/c1-15(2,3)22-14(18)8-12-20-23(19-11-7-9-16)21-13-10-17(4,5)6/h7-8,10-13H2,1-6H3/q+1. The molecule has 0 N–H and O–H groups in total. The molecule has 0 aromatic carbocycles. The molecule has 23 heavy (non-hydrogen) atoms. The van der Waals surface area contributed by atoms with Crippen LogP contribution in [0.3, 0.4) is 0 Å². The summed E-state index contributed by atoms with van der Waals surface area (Å²) in [5.41, 5.74) is -0.508. The molecule has 0 aliphatic carbocycles. The molecule has 0 saturated heterocycles. The highest BCUT2D eigenvalue weighted by atomic mass is 31.2. The van der Waals surface area contributed by atoms with Gasteiger partial charge in [-0.05, 0) is 20.8 Å². The predicted octanol–water partition coefficient (Wildman–Crippen LogP) is 2.61. The second-order valence-electron chi connectivity index (χ2n) is 6.98. The summed E-state index contributed by atoms with van der Waals surface area (Å²) < 4.78 is 22.5. The lowest BCUT2D eigenvalue weighted by atomic mass is 10.2. The van der Waals surface area contributed by atoms with E-state index in [0.29, 0.717) is 6.61 Å². The topological polar surface area (TPSA) is 77.8 Å². The van der Waals surface area contributed by atoms with E-state index in [1.165, 1.54) is 0 Å². The summed E-state index contributed by atoms with van der Waals surface area (Å²) in [5.74, 6) is -0.323. The van der Waals surface area contributed by atoms with Gasteiger partial charge in [0.15, 0.2) is 0 Å². The SMILES string of the molecule is CC(C)(C)OC(=O)CCOP(OCCC#N)OCC[N+](C)(C)C. The van der Waals surface area contributed by atoms with Crippen LogP contribution in [0.25, 0.3) is 0 Å². The third kappa shape index (κ3) is 15.9. The number of esters is 1. The number of ether oxygens (including phenoxy) is 1. The Bertz CT molecular complexity index is 385. The molecule has 0 aromatic rings. The minimum absolute atomic E-state index is 0.135. The quantitative estimate of drug-likeness (QED) is 0.247. The van der Waals surface area contributed by atoms with E-state index in [0.717, 1.165) is 11.0 Å². The first-order chi connectivity index (χ1) is 10.5. The van der Waals surface area contributed by atoms with Gasteiger partial charge in [0.1, 0.15) is 18.8 Å². The fraction of sp³-hybridized carbons (Fsp3) is 0.867. The Hall–Kier alpha value is -0.770. The van der Waals surface area contributed by atoms with Gasteiger partial charge in [-0.2, -0.15) is 5.26 Å². The van der Waals surface area contributed by atoms with Crippen LogP contribution in [0.5, 0.6) is 0 Å². The van der Waals surface area contributed by atoms with E-state index in [9.17, 15) is 4.79 Å². The summed E-state index contributed by atoms with van der Waals surface area (Å²) >= 11 is 0. The monoisotopic (exact) mass is 349 g/mol. The zero-order valence-corrected chi connectivity index (χ0v) is 16.0. The highest BCUT2D eigenvalue weighted by molar-refractivity contribution is 7.41. The van der Waals surface area contributed by atoms with Crippen molar-refractivity contribution >= 4 is 14.6 Å². The molecule has 0 amide bonds. The smallest absolute Gasteiger partial charge is 0.332 e. The van der Waals surface area contributed by atoms with E-state index >= 15 is 0 Å². The average Bonchev–Trinajstić information content (AvgIpc) is 2.34. The van der Waals surface area contributed by atoms with Crippen molar-refractivity contribution in [1.82, 2.24) is 0 Å². The molecule has 1 unspecified atom stereocenters. The normalized spacial score (nSPS) is 13.4. The molecule has 0 spiro atoms. The third-order valence-corrected chi connectivity index (χ3v) is 3.47. The first-order valence-electron chi connectivity index (χ1n) is 7.61. The molecule has 0 aliphatic heterocycles. The fourth-order valence-electron chi connectivity index (χ4n) is 1.26. The number of carbonyl (C=O) groups is 1. The molecule has 0 rings (SSSR count). The highest BCUT2D eigenvalue weighted by Crippen LogP contribution is 2.39. The Kier molecular flexibility index (Phi) is 10.5. The van der Waals surface area contributed by atoms with E-state index in [-0.39, 0.29) is 32.0 Å². The lowest BCUT2D eigenvalue weighted by molar-refractivity contribution is -0.870. The van der Waals surface area contributed by atoms with Gasteiger partial charge in [-0.3, -0.25) is 4.79 Å². The van der Waals surface area contributed by atoms with Crippen LogP contribution >= 0.6 is 8.60 Å². The maximum absolute atomic E-state index is 11.6. The van der Waals surface area contributed by atoms with E-state index in [4.69, 9.17) is 23.6 Å². The number of hydrogen-bond donors (Lipinski definition) is 0. The van der Waals surface area contributed by atoms with Gasteiger partial charge in [0.2, 0.25) is 0 Å². The second kappa shape index (κ2) is 10.9. The van der Waals surface area contributed by atoms with Crippen LogP contribution in [-0.2, 0) is 23.1 Å². The minimum atomic E-state index is -1.56. The minimum Gasteiger partial charge on any atom is -0.460 e. The Balaban J connectivity index is 4.14. The van der Waals surface area contributed by atoms with Crippen LogP contribution in [0, 0.1) is 11.3 Å². The van der Waals surface area contributed by atoms with Crippen molar-refractivity contribution in [2.24, 2.45) is 0 Å². The Morgan fingerprint density at radius 2 is 1.65 bits per heavy atom. The summed E-state index contributed by atoms with van der Waals surface area (Å²) in [6.45, 7) is 7.15. The van der Waals surface area contributed by atoms with Crippen molar-refractivity contribution in [1.29, 1.82) is 5.26 Å². The maximum Gasteiger partial charge on any atom is 0.332 e. The zero-order valence-electron chi connectivity index (χ0n) is 15.1. The number of carbonyl (C=O) groups excluding carboxylic acids is 1. The molecular weight excluding hydrogens is 319 g/mol. The Morgan fingerprint density at radius 1 is 1.09 bits per heavy atom. The van der Waals surface area contributed by atoms with Gasteiger partial charge < -0.3 is 22.8 Å². The third-order valence-electron chi connectivity index (χ3n) is 2.29. The van der Waals surface area contributed by atoms with Gasteiger partial charge >= 0.3 is 14.6 Å². The number of nitriles is 1. The lowest BCUT2D eigenvalue weighted by Crippen LogP contribution is -2.37. The van der Waals surface area contributed by atoms with E-state index in [2.05, 4.69) is 21.1 Å². The number of likely N-dealkylation sites (N-methyl/N-ethyl adjacent to an activating group) is 1. The summed E-state index contributed by atoms with van der Waals surface area (Å²) in [7, 11) is 4.63. The van der Waals surface area contributed by atoms with Crippen LogP contribution in [-0.4, -0.2) is 63.6 Å². The fourth-order valence-corrected chi connectivity index (χ4v) is 2.20. The summed E-state index contributed by atoms with van der Waals surface area (Å²) in [6, 6.07) is 2.00. The molecule has 134 valence electrons. The summed E-state index contributed by atoms with van der Waals surface area (Å²) in [5, 5.41) is 8.55. The van der Waals surface area contributed by atoms with Gasteiger partial charge in [-0.15, -0.1) is 0 Å². The van der Waals surface area contributed by atoms with Crippen molar-refractivity contribution in [2.45, 2.75) is 39.2 Å². The van der Waals surface area contributed by atoms with Gasteiger partial charge in [0.05, 0.1) is 53.3 Å². The first kappa shape index (κ1) is 22.2. The van der Waals surface area contributed by atoms with Crippen LogP contribution in [0.4, 0.5) is 0 Å². The number of quaternary nitrogens is 1. The molecular formula is C15H30N2O5P+. The van der Waals surface area contributed by atoms with E-state index in [1.54, 1.807) is 0 Å². The van der Waals surface area contributed by atoms with E-state index < -0.39 is 14.2 Å². The number of hydrogen-bond acceptors (Lipinski definition) is 6. The molecule has 8 heteroatoms. The molecule has 0 bridgehead atoms. The Labute approximate surface area is 141 Å². The number of nitrogens with zero attached hydrogens (tertiary/aromatic N) is 2. The molecule has 0 aromatic heterocycles.